The Morgan fingerprint density at radius 3 is 2.63 bits per heavy atom. The molecule has 156 valence electrons. The van der Waals surface area contributed by atoms with Gasteiger partial charge in [-0.25, -0.2) is 13.2 Å². The van der Waals surface area contributed by atoms with Gasteiger partial charge in [-0.1, -0.05) is 24.3 Å². The van der Waals surface area contributed by atoms with Gasteiger partial charge in [-0.3, -0.25) is 4.79 Å². The topological polar surface area (TPSA) is 96.7 Å². The molecule has 1 aliphatic rings. The average molecular weight is 426 g/mol. The lowest BCUT2D eigenvalue weighted by Gasteiger charge is -2.34. The molecule has 7 nitrogen and oxygen atoms in total. The largest absolute Gasteiger partial charge is 0.423 e. The molecule has 8 heteroatoms. The summed E-state index contributed by atoms with van der Waals surface area (Å²) in [5.41, 5.74) is 2.98. The van der Waals surface area contributed by atoms with Crippen LogP contribution in [-0.2, 0) is 27.8 Å². The smallest absolute Gasteiger partial charge is 0.336 e. The fourth-order valence-corrected chi connectivity index (χ4v) is 5.03. The van der Waals surface area contributed by atoms with E-state index in [-0.39, 0.29) is 12.3 Å². The number of aryl methyl sites for hydroxylation is 1. The van der Waals surface area contributed by atoms with E-state index in [9.17, 15) is 18.0 Å². The lowest BCUT2D eigenvalue weighted by Crippen LogP contribution is -2.51. The minimum Gasteiger partial charge on any atom is -0.423 e. The molecule has 1 N–H and O–H groups in total. The van der Waals surface area contributed by atoms with E-state index in [1.54, 1.807) is 25.1 Å². The molecule has 1 aliphatic heterocycles. The van der Waals surface area contributed by atoms with Gasteiger partial charge >= 0.3 is 5.63 Å². The van der Waals surface area contributed by atoms with Crippen LogP contribution in [0.5, 0.6) is 0 Å². The number of benzene rings is 2. The van der Waals surface area contributed by atoms with Crippen molar-refractivity contribution >= 4 is 32.6 Å². The van der Waals surface area contributed by atoms with Crippen LogP contribution in [0.4, 0.5) is 5.69 Å². The van der Waals surface area contributed by atoms with Gasteiger partial charge in [-0.15, -0.1) is 0 Å². The van der Waals surface area contributed by atoms with Crippen molar-refractivity contribution in [3.05, 3.63) is 75.6 Å². The van der Waals surface area contributed by atoms with E-state index in [1.807, 2.05) is 31.2 Å². The minimum absolute atomic E-state index is 0.0840. The number of carbonyl (C=O) groups excluding carboxylic acids is 1. The van der Waals surface area contributed by atoms with Crippen LogP contribution in [-0.4, -0.2) is 30.4 Å². The molecule has 0 bridgehead atoms. The summed E-state index contributed by atoms with van der Waals surface area (Å²) in [5, 5.41) is 3.57. The summed E-state index contributed by atoms with van der Waals surface area (Å²) in [5.74, 6) is -0.504. The Balaban J connectivity index is 1.67. The van der Waals surface area contributed by atoms with Gasteiger partial charge in [-0.05, 0) is 49.1 Å². The Kier molecular flexibility index (Phi) is 5.21. The average Bonchev–Trinajstić information content (AvgIpc) is 2.72. The molecule has 0 unspecified atom stereocenters. The normalized spacial score (nSPS) is 16.9. The lowest BCUT2D eigenvalue weighted by atomic mass is 9.95. The third kappa shape index (κ3) is 3.76. The number of fused-ring (bicyclic) bond motifs is 2. The molecule has 0 saturated carbocycles. The molecule has 2 heterocycles. The van der Waals surface area contributed by atoms with Crippen LogP contribution in [0.15, 0.2) is 57.7 Å². The number of amides is 1. The lowest BCUT2D eigenvalue weighted by molar-refractivity contribution is -0.120. The van der Waals surface area contributed by atoms with Gasteiger partial charge < -0.3 is 9.73 Å². The molecule has 0 aliphatic carbocycles. The Bertz CT molecular complexity index is 1300. The summed E-state index contributed by atoms with van der Waals surface area (Å²) in [7, 11) is -3.58. The quantitative estimate of drug-likeness (QED) is 0.647. The first-order valence-corrected chi connectivity index (χ1v) is 11.3. The molecule has 1 amide bonds. The van der Waals surface area contributed by atoms with Gasteiger partial charge in [0.2, 0.25) is 15.9 Å². The molecular weight excluding hydrogens is 404 g/mol. The van der Waals surface area contributed by atoms with Crippen LogP contribution >= 0.6 is 0 Å². The molecule has 30 heavy (non-hydrogen) atoms. The van der Waals surface area contributed by atoms with Gasteiger partial charge in [0, 0.05) is 29.8 Å². The highest BCUT2D eigenvalue weighted by Gasteiger charge is 2.38. The molecule has 3 aromatic rings. The SMILES string of the molecule is CCS(=O)(=O)N1Cc2ccccc2C[C@@H]1C(=O)Nc1ccc2c(C)cc(=O)oc2c1. The van der Waals surface area contributed by atoms with Gasteiger partial charge in [-0.2, -0.15) is 4.31 Å². The van der Waals surface area contributed by atoms with Gasteiger partial charge in [0.05, 0.1) is 5.75 Å². The molecule has 0 radical (unpaired) electrons. The van der Waals surface area contributed by atoms with Crippen molar-refractivity contribution in [3.63, 3.8) is 0 Å². The Morgan fingerprint density at radius 1 is 1.17 bits per heavy atom. The maximum atomic E-state index is 13.1. The highest BCUT2D eigenvalue weighted by molar-refractivity contribution is 7.89. The molecule has 0 spiro atoms. The molecule has 2 aromatic carbocycles. The summed E-state index contributed by atoms with van der Waals surface area (Å²) in [6.45, 7) is 3.54. The number of hydrogen-bond acceptors (Lipinski definition) is 5. The third-order valence-corrected chi connectivity index (χ3v) is 7.28. The van der Waals surface area contributed by atoms with Crippen LogP contribution in [0.2, 0.25) is 0 Å². The Labute approximate surface area is 174 Å². The number of carbonyl (C=O) groups is 1. The summed E-state index contributed by atoms with van der Waals surface area (Å²) in [4.78, 5) is 24.8. The maximum Gasteiger partial charge on any atom is 0.336 e. The number of hydrogen-bond donors (Lipinski definition) is 1. The second kappa shape index (κ2) is 7.70. The standard InChI is InChI=1S/C22H22N2O5S/c1-3-30(27,28)24-13-16-7-5-4-6-15(16)11-19(24)22(26)23-17-8-9-18-14(2)10-21(25)29-20(18)12-17/h4-10,12,19H,3,11,13H2,1-2H3,(H,23,26)/t19-/m1/s1. The minimum atomic E-state index is -3.58. The van der Waals surface area contributed by atoms with Crippen LogP contribution in [0.25, 0.3) is 11.0 Å². The zero-order valence-corrected chi connectivity index (χ0v) is 17.5. The Hall–Kier alpha value is -2.97. The molecule has 4 rings (SSSR count). The van der Waals surface area contributed by atoms with Gasteiger partial charge in [0.25, 0.3) is 0 Å². The number of anilines is 1. The predicted octanol–water partition coefficient (Wildman–Crippen LogP) is 2.82. The van der Waals surface area contributed by atoms with Crippen molar-refractivity contribution in [2.24, 2.45) is 0 Å². The van der Waals surface area contributed by atoms with Gasteiger partial charge in [0.15, 0.2) is 0 Å². The van der Waals surface area contributed by atoms with E-state index >= 15 is 0 Å². The maximum absolute atomic E-state index is 13.1. The van der Waals surface area contributed by atoms with Crippen LogP contribution in [0.1, 0.15) is 23.6 Å². The van der Waals surface area contributed by atoms with Gasteiger partial charge in [0.1, 0.15) is 11.6 Å². The Morgan fingerprint density at radius 2 is 1.90 bits per heavy atom. The summed E-state index contributed by atoms with van der Waals surface area (Å²) >= 11 is 0. The summed E-state index contributed by atoms with van der Waals surface area (Å²) in [6.07, 6.45) is 0.295. The number of nitrogens with one attached hydrogen (secondary N) is 1. The van der Waals surface area contributed by atoms with E-state index in [4.69, 9.17) is 4.42 Å². The van der Waals surface area contributed by atoms with Crippen molar-refractivity contribution in [2.75, 3.05) is 11.1 Å². The first kappa shape index (κ1) is 20.3. The van der Waals surface area contributed by atoms with E-state index in [2.05, 4.69) is 5.32 Å². The highest BCUT2D eigenvalue weighted by Crippen LogP contribution is 2.27. The van der Waals surface area contributed by atoms with E-state index in [0.717, 1.165) is 22.1 Å². The summed E-state index contributed by atoms with van der Waals surface area (Å²) in [6, 6.07) is 13.2. The van der Waals surface area contributed by atoms with Crippen LogP contribution in [0.3, 0.4) is 0 Å². The zero-order chi connectivity index (χ0) is 21.5. The second-order valence-corrected chi connectivity index (χ2v) is 9.59. The molecule has 1 atom stereocenters. The van der Waals surface area contributed by atoms with E-state index in [1.165, 1.54) is 10.4 Å². The molecule has 0 saturated heterocycles. The zero-order valence-electron chi connectivity index (χ0n) is 16.7. The number of rotatable bonds is 4. The van der Waals surface area contributed by atoms with E-state index in [0.29, 0.717) is 17.7 Å². The van der Waals surface area contributed by atoms with Crippen molar-refractivity contribution in [3.8, 4) is 0 Å². The van der Waals surface area contributed by atoms with Crippen molar-refractivity contribution < 1.29 is 17.6 Å². The molecule has 0 fully saturated rings. The van der Waals surface area contributed by atoms with E-state index < -0.39 is 27.6 Å². The molecular formula is C22H22N2O5S. The summed E-state index contributed by atoms with van der Waals surface area (Å²) < 4.78 is 31.9. The highest BCUT2D eigenvalue weighted by atomic mass is 32.2. The first-order chi connectivity index (χ1) is 14.3. The predicted molar refractivity (Wildman–Crippen MR) is 115 cm³/mol. The first-order valence-electron chi connectivity index (χ1n) is 9.70. The van der Waals surface area contributed by atoms with Crippen molar-refractivity contribution in [1.82, 2.24) is 4.31 Å². The monoisotopic (exact) mass is 426 g/mol. The number of nitrogens with zero attached hydrogens (tertiary/aromatic N) is 1. The van der Waals surface area contributed by atoms with Crippen molar-refractivity contribution in [1.29, 1.82) is 0 Å². The number of sulfonamides is 1. The fraction of sp³-hybridized carbons (Fsp3) is 0.273. The van der Waals surface area contributed by atoms with Crippen LogP contribution in [0, 0.1) is 6.92 Å². The van der Waals surface area contributed by atoms with Crippen LogP contribution < -0.4 is 10.9 Å². The van der Waals surface area contributed by atoms with Crippen molar-refractivity contribution in [2.45, 2.75) is 32.9 Å². The third-order valence-electron chi connectivity index (χ3n) is 5.45. The second-order valence-electron chi connectivity index (χ2n) is 7.38. The molecule has 1 aromatic heterocycles. The fourth-order valence-electron chi connectivity index (χ4n) is 3.81.